The van der Waals surface area contributed by atoms with Crippen molar-refractivity contribution in [3.8, 4) is 5.69 Å². The predicted octanol–water partition coefficient (Wildman–Crippen LogP) is 5.18. The summed E-state index contributed by atoms with van der Waals surface area (Å²) in [5.74, 6) is -1.28. The van der Waals surface area contributed by atoms with E-state index >= 15 is 0 Å². The molecule has 0 atom stereocenters. The maximum Gasteiger partial charge on any atom is 0.418 e. The molecule has 1 aromatic heterocycles. The van der Waals surface area contributed by atoms with E-state index in [1.54, 1.807) is 0 Å². The number of benzene rings is 2. The van der Waals surface area contributed by atoms with Crippen molar-refractivity contribution in [3.63, 3.8) is 0 Å². The van der Waals surface area contributed by atoms with Crippen LogP contribution in [-0.4, -0.2) is 15.7 Å². The number of anilines is 1. The summed E-state index contributed by atoms with van der Waals surface area (Å²) in [5.41, 5.74) is -5.19. The maximum atomic E-state index is 13.4. The molecule has 0 spiro atoms. The van der Waals surface area contributed by atoms with Crippen molar-refractivity contribution in [1.29, 1.82) is 0 Å². The first kappa shape index (κ1) is 22.3. The van der Waals surface area contributed by atoms with Crippen LogP contribution in [0.25, 0.3) is 5.69 Å². The lowest BCUT2D eigenvalue weighted by Gasteiger charge is -2.14. The number of nitrogens with zero attached hydrogens (tertiary/aromatic N) is 2. The Balaban J connectivity index is 2.07. The second kappa shape index (κ2) is 8.06. The van der Waals surface area contributed by atoms with Crippen molar-refractivity contribution in [3.05, 3.63) is 86.8 Å². The number of hydrogen-bond donors (Lipinski definition) is 1. The van der Waals surface area contributed by atoms with E-state index in [0.29, 0.717) is 21.8 Å². The van der Waals surface area contributed by atoms with Gasteiger partial charge in [-0.25, -0.2) is 0 Å². The molecule has 2 aromatic carbocycles. The summed E-state index contributed by atoms with van der Waals surface area (Å²) in [6, 6.07) is 8.57. The summed E-state index contributed by atoms with van der Waals surface area (Å²) >= 11 is 5.71. The van der Waals surface area contributed by atoms with Crippen LogP contribution in [-0.2, 0) is 12.4 Å². The molecule has 1 heterocycles. The molecule has 0 bridgehead atoms. The topological polar surface area (TPSA) is 64.0 Å². The molecule has 0 aliphatic heterocycles. The van der Waals surface area contributed by atoms with Crippen molar-refractivity contribution in [2.45, 2.75) is 12.4 Å². The number of hydrogen-bond acceptors (Lipinski definition) is 3. The van der Waals surface area contributed by atoms with Crippen LogP contribution in [0, 0.1) is 0 Å². The molecule has 162 valence electrons. The van der Waals surface area contributed by atoms with E-state index in [-0.39, 0.29) is 17.4 Å². The van der Waals surface area contributed by atoms with Gasteiger partial charge in [0.05, 0.1) is 16.8 Å². The van der Waals surface area contributed by atoms with Gasteiger partial charge in [-0.05, 0) is 48.5 Å². The molecule has 0 radical (unpaired) electrons. The Morgan fingerprint density at radius 2 is 1.48 bits per heavy atom. The fourth-order valence-electron chi connectivity index (χ4n) is 2.54. The average Bonchev–Trinajstić information content (AvgIpc) is 2.68. The highest BCUT2D eigenvalue weighted by molar-refractivity contribution is 6.30. The Kier molecular flexibility index (Phi) is 5.81. The Hall–Kier alpha value is -3.34. The third-order valence-electron chi connectivity index (χ3n) is 3.99. The minimum Gasteiger partial charge on any atom is -0.321 e. The van der Waals surface area contributed by atoms with Crippen LogP contribution in [0.1, 0.15) is 21.6 Å². The Morgan fingerprint density at radius 3 is 2.00 bits per heavy atom. The fourth-order valence-corrected chi connectivity index (χ4v) is 2.67. The number of amides is 1. The van der Waals surface area contributed by atoms with Crippen molar-refractivity contribution in [2.24, 2.45) is 0 Å². The highest BCUT2D eigenvalue weighted by Gasteiger charge is 2.38. The number of rotatable bonds is 3. The molecule has 0 aliphatic carbocycles. The van der Waals surface area contributed by atoms with E-state index in [0.717, 1.165) is 12.1 Å². The normalized spacial score (nSPS) is 12.0. The van der Waals surface area contributed by atoms with E-state index in [4.69, 9.17) is 11.6 Å². The maximum absolute atomic E-state index is 13.4. The molecule has 0 aliphatic rings. The fraction of sp³-hybridized carbons (Fsp3) is 0.105. The van der Waals surface area contributed by atoms with Gasteiger partial charge >= 0.3 is 12.4 Å². The molecule has 5 nitrogen and oxygen atoms in total. The number of aromatic nitrogens is 2. The van der Waals surface area contributed by atoms with Gasteiger partial charge in [0.2, 0.25) is 0 Å². The van der Waals surface area contributed by atoms with Gasteiger partial charge in [-0.1, -0.05) is 11.6 Å². The summed E-state index contributed by atoms with van der Waals surface area (Å²) < 4.78 is 78.7. The Bertz CT molecular complexity index is 1170. The standard InChI is InChI=1S/C19H10ClF6N3O2/c20-11-3-5-12(6-4-11)27-17(31)16-14(19(24,25)26)9-15(30)29(28-16)13-7-1-10(2-8-13)18(21,22)23/h1-9H,(H,27,31). The zero-order chi connectivity index (χ0) is 23.0. The highest BCUT2D eigenvalue weighted by atomic mass is 35.5. The van der Waals surface area contributed by atoms with E-state index in [1.165, 1.54) is 24.3 Å². The van der Waals surface area contributed by atoms with Crippen LogP contribution in [0.3, 0.4) is 0 Å². The van der Waals surface area contributed by atoms with Crippen LogP contribution in [0.4, 0.5) is 32.0 Å². The first-order chi connectivity index (χ1) is 14.4. The summed E-state index contributed by atoms with van der Waals surface area (Å²) in [4.78, 5) is 24.6. The van der Waals surface area contributed by atoms with E-state index in [2.05, 4.69) is 10.4 Å². The number of alkyl halides is 6. The van der Waals surface area contributed by atoms with Gasteiger partial charge < -0.3 is 5.32 Å². The van der Waals surface area contributed by atoms with Crippen molar-refractivity contribution in [2.75, 3.05) is 5.32 Å². The summed E-state index contributed by atoms with van der Waals surface area (Å²) in [6.45, 7) is 0. The smallest absolute Gasteiger partial charge is 0.321 e. The van der Waals surface area contributed by atoms with Crippen LogP contribution in [0.2, 0.25) is 5.02 Å². The molecular weight excluding hydrogens is 452 g/mol. The third-order valence-corrected chi connectivity index (χ3v) is 4.25. The number of carbonyl (C=O) groups is 1. The third kappa shape index (κ3) is 5.05. The van der Waals surface area contributed by atoms with Gasteiger partial charge in [-0.2, -0.15) is 36.1 Å². The van der Waals surface area contributed by atoms with Gasteiger partial charge in [0.1, 0.15) is 0 Å². The largest absolute Gasteiger partial charge is 0.418 e. The molecule has 12 heteroatoms. The summed E-state index contributed by atoms with van der Waals surface area (Å²) in [5, 5.41) is 6.00. The van der Waals surface area contributed by atoms with Crippen LogP contribution < -0.4 is 10.9 Å². The van der Waals surface area contributed by atoms with E-state index in [1.807, 2.05) is 0 Å². The molecule has 0 saturated heterocycles. The zero-order valence-corrected chi connectivity index (χ0v) is 15.8. The number of carbonyl (C=O) groups excluding carboxylic acids is 1. The van der Waals surface area contributed by atoms with Gasteiger partial charge in [0.15, 0.2) is 5.69 Å². The first-order valence-electron chi connectivity index (χ1n) is 8.32. The quantitative estimate of drug-likeness (QED) is 0.547. The summed E-state index contributed by atoms with van der Waals surface area (Å²) in [6.07, 6.45) is -9.74. The van der Waals surface area contributed by atoms with Crippen LogP contribution in [0.5, 0.6) is 0 Å². The molecule has 31 heavy (non-hydrogen) atoms. The average molecular weight is 462 g/mol. The van der Waals surface area contributed by atoms with Crippen molar-refractivity contribution >= 4 is 23.2 Å². The lowest BCUT2D eigenvalue weighted by Crippen LogP contribution is -2.30. The van der Waals surface area contributed by atoms with Crippen LogP contribution >= 0.6 is 11.6 Å². The Labute approximate surface area is 174 Å². The minimum absolute atomic E-state index is 0.108. The zero-order valence-electron chi connectivity index (χ0n) is 15.1. The molecule has 1 amide bonds. The monoisotopic (exact) mass is 461 g/mol. The number of halogens is 7. The minimum atomic E-state index is -5.09. The molecule has 0 unspecified atom stereocenters. The Morgan fingerprint density at radius 1 is 0.903 bits per heavy atom. The van der Waals surface area contributed by atoms with Crippen LogP contribution in [0.15, 0.2) is 59.4 Å². The predicted molar refractivity (Wildman–Crippen MR) is 99.2 cm³/mol. The molecule has 3 rings (SSSR count). The second-order valence-electron chi connectivity index (χ2n) is 6.16. The molecule has 0 saturated carbocycles. The van der Waals surface area contributed by atoms with Gasteiger partial charge in [-0.3, -0.25) is 9.59 Å². The lowest BCUT2D eigenvalue weighted by molar-refractivity contribution is -0.138. The van der Waals surface area contributed by atoms with E-state index in [9.17, 15) is 35.9 Å². The highest BCUT2D eigenvalue weighted by Crippen LogP contribution is 2.32. The van der Waals surface area contributed by atoms with Gasteiger partial charge in [0, 0.05) is 16.8 Å². The van der Waals surface area contributed by atoms with Crippen molar-refractivity contribution in [1.82, 2.24) is 9.78 Å². The van der Waals surface area contributed by atoms with Gasteiger partial charge in [-0.15, -0.1) is 0 Å². The molecule has 0 fully saturated rings. The first-order valence-corrected chi connectivity index (χ1v) is 8.70. The molecular formula is C19H10ClF6N3O2. The number of nitrogens with one attached hydrogen (secondary N) is 1. The van der Waals surface area contributed by atoms with E-state index < -0.39 is 40.6 Å². The lowest BCUT2D eigenvalue weighted by atomic mass is 10.1. The second-order valence-corrected chi connectivity index (χ2v) is 6.60. The SMILES string of the molecule is O=C(Nc1ccc(Cl)cc1)c1nn(-c2ccc(C(F)(F)F)cc2)c(=O)cc1C(F)(F)F. The van der Waals surface area contributed by atoms with Gasteiger partial charge in [0.25, 0.3) is 11.5 Å². The van der Waals surface area contributed by atoms with Crippen molar-refractivity contribution < 1.29 is 31.1 Å². The molecule has 3 aromatic rings. The summed E-state index contributed by atoms with van der Waals surface area (Å²) in [7, 11) is 0. The molecule has 1 N–H and O–H groups in total.